The molecule has 1 saturated carbocycles. The van der Waals surface area contributed by atoms with Gasteiger partial charge in [0.15, 0.2) is 0 Å². The summed E-state index contributed by atoms with van der Waals surface area (Å²) in [5.74, 6) is -0.938. The lowest BCUT2D eigenvalue weighted by Crippen LogP contribution is -2.51. The predicted octanol–water partition coefficient (Wildman–Crippen LogP) is 2.99. The van der Waals surface area contributed by atoms with Gasteiger partial charge in [0.05, 0.1) is 0 Å². The number of nitrogens with zero attached hydrogens (tertiary/aromatic N) is 1. The van der Waals surface area contributed by atoms with Crippen molar-refractivity contribution in [3.05, 3.63) is 0 Å². The molecule has 1 aliphatic rings. The molecule has 0 aliphatic heterocycles. The van der Waals surface area contributed by atoms with Gasteiger partial charge in [0.2, 0.25) is 0 Å². The minimum Gasteiger partial charge on any atom is -0.480 e. The van der Waals surface area contributed by atoms with Gasteiger partial charge in [-0.3, -0.25) is 0 Å². The van der Waals surface area contributed by atoms with Crippen LogP contribution in [0, 0.1) is 0 Å². The number of carboxylic acid groups (broad SMARTS) is 1. The first-order chi connectivity index (χ1) is 9.60. The molecule has 5 heteroatoms. The van der Waals surface area contributed by atoms with E-state index in [0.717, 1.165) is 38.5 Å². The topological polar surface area (TPSA) is 69.6 Å². The first-order valence-electron chi connectivity index (χ1n) is 7.90. The molecule has 5 nitrogen and oxygen atoms in total. The van der Waals surface area contributed by atoms with E-state index >= 15 is 0 Å². The predicted molar refractivity (Wildman–Crippen MR) is 78.7 cm³/mol. The molecule has 0 aromatic carbocycles. The highest BCUT2D eigenvalue weighted by Gasteiger charge is 2.27. The molecule has 0 saturated heterocycles. The van der Waals surface area contributed by atoms with Crippen molar-refractivity contribution in [3.8, 4) is 0 Å². The van der Waals surface area contributed by atoms with E-state index in [1.165, 1.54) is 6.42 Å². The molecule has 1 rings (SSSR count). The van der Waals surface area contributed by atoms with Crippen LogP contribution in [0.5, 0.6) is 0 Å². The maximum absolute atomic E-state index is 12.3. The maximum Gasteiger partial charge on any atom is 0.326 e. The SMILES string of the molecule is CCCC[C@H](NC(=O)N(CC)C1CCCCC1)C(=O)O. The molecule has 0 radical (unpaired) electrons. The van der Waals surface area contributed by atoms with Crippen molar-refractivity contribution in [1.82, 2.24) is 10.2 Å². The van der Waals surface area contributed by atoms with Crippen molar-refractivity contribution in [1.29, 1.82) is 0 Å². The van der Waals surface area contributed by atoms with Gasteiger partial charge in [0.1, 0.15) is 6.04 Å². The van der Waals surface area contributed by atoms with Gasteiger partial charge >= 0.3 is 12.0 Å². The zero-order chi connectivity index (χ0) is 15.0. The van der Waals surface area contributed by atoms with Gasteiger partial charge in [-0.05, 0) is 26.2 Å². The Morgan fingerprint density at radius 1 is 1.25 bits per heavy atom. The summed E-state index contributed by atoms with van der Waals surface area (Å²) in [6.45, 7) is 4.60. The van der Waals surface area contributed by atoms with Crippen LogP contribution >= 0.6 is 0 Å². The normalized spacial score (nSPS) is 17.5. The van der Waals surface area contributed by atoms with Crippen molar-refractivity contribution >= 4 is 12.0 Å². The highest BCUT2D eigenvalue weighted by atomic mass is 16.4. The zero-order valence-corrected chi connectivity index (χ0v) is 12.7. The molecule has 0 unspecified atom stereocenters. The highest BCUT2D eigenvalue weighted by molar-refractivity contribution is 5.82. The summed E-state index contributed by atoms with van der Waals surface area (Å²) in [5, 5.41) is 11.9. The van der Waals surface area contributed by atoms with E-state index in [-0.39, 0.29) is 12.1 Å². The van der Waals surface area contributed by atoms with E-state index in [4.69, 9.17) is 0 Å². The fourth-order valence-electron chi connectivity index (χ4n) is 2.86. The number of rotatable bonds is 7. The van der Waals surface area contributed by atoms with Gasteiger partial charge in [-0.2, -0.15) is 0 Å². The highest BCUT2D eigenvalue weighted by Crippen LogP contribution is 2.22. The van der Waals surface area contributed by atoms with Crippen LogP contribution in [0.1, 0.15) is 65.2 Å². The Bertz CT molecular complexity index is 314. The molecule has 2 amide bonds. The molecule has 0 bridgehead atoms. The monoisotopic (exact) mass is 284 g/mol. The molecule has 0 heterocycles. The Morgan fingerprint density at radius 3 is 2.40 bits per heavy atom. The second-order valence-corrected chi connectivity index (χ2v) is 5.56. The Hall–Kier alpha value is -1.26. The Kier molecular flexibility index (Phi) is 7.41. The summed E-state index contributed by atoms with van der Waals surface area (Å²) >= 11 is 0. The third-order valence-electron chi connectivity index (χ3n) is 4.06. The summed E-state index contributed by atoms with van der Waals surface area (Å²) in [6.07, 6.45) is 7.87. The average molecular weight is 284 g/mol. The summed E-state index contributed by atoms with van der Waals surface area (Å²) in [5.41, 5.74) is 0. The van der Waals surface area contributed by atoms with E-state index in [1.54, 1.807) is 4.90 Å². The van der Waals surface area contributed by atoms with Crippen LogP contribution in [0.2, 0.25) is 0 Å². The third kappa shape index (κ3) is 5.02. The van der Waals surface area contributed by atoms with Gasteiger partial charge in [-0.25, -0.2) is 9.59 Å². The first-order valence-corrected chi connectivity index (χ1v) is 7.90. The fourth-order valence-corrected chi connectivity index (χ4v) is 2.86. The maximum atomic E-state index is 12.3. The smallest absolute Gasteiger partial charge is 0.326 e. The number of hydrogen-bond donors (Lipinski definition) is 2. The molecular weight excluding hydrogens is 256 g/mol. The molecule has 1 aliphatic carbocycles. The number of unbranched alkanes of at least 4 members (excludes halogenated alkanes) is 1. The van der Waals surface area contributed by atoms with Crippen molar-refractivity contribution in [2.24, 2.45) is 0 Å². The second-order valence-electron chi connectivity index (χ2n) is 5.56. The van der Waals surface area contributed by atoms with Gasteiger partial charge in [0, 0.05) is 12.6 Å². The molecule has 20 heavy (non-hydrogen) atoms. The number of carboxylic acids is 1. The van der Waals surface area contributed by atoms with Crippen LogP contribution in [-0.4, -0.2) is 40.6 Å². The lowest BCUT2D eigenvalue weighted by molar-refractivity contribution is -0.139. The molecule has 0 aromatic heterocycles. The largest absolute Gasteiger partial charge is 0.480 e. The van der Waals surface area contributed by atoms with Crippen LogP contribution in [0.25, 0.3) is 0 Å². The average Bonchev–Trinajstić information content (AvgIpc) is 2.45. The quantitative estimate of drug-likeness (QED) is 0.755. The van der Waals surface area contributed by atoms with Gasteiger partial charge in [-0.1, -0.05) is 39.0 Å². The number of nitrogens with one attached hydrogen (secondary N) is 1. The van der Waals surface area contributed by atoms with Gasteiger partial charge < -0.3 is 15.3 Å². The summed E-state index contributed by atoms with van der Waals surface area (Å²) < 4.78 is 0. The Balaban J connectivity index is 2.57. The number of carbonyl (C=O) groups is 2. The van der Waals surface area contributed by atoms with Crippen LogP contribution in [0.15, 0.2) is 0 Å². The number of carbonyl (C=O) groups excluding carboxylic acids is 1. The second kappa shape index (κ2) is 8.82. The number of hydrogen-bond acceptors (Lipinski definition) is 2. The van der Waals surface area contributed by atoms with E-state index in [9.17, 15) is 14.7 Å². The molecular formula is C15H28N2O3. The van der Waals surface area contributed by atoms with Crippen LogP contribution in [0.3, 0.4) is 0 Å². The molecule has 1 fully saturated rings. The molecule has 0 spiro atoms. The van der Waals surface area contributed by atoms with E-state index in [2.05, 4.69) is 5.32 Å². The van der Waals surface area contributed by atoms with Crippen LogP contribution in [0.4, 0.5) is 4.79 Å². The van der Waals surface area contributed by atoms with Crippen LogP contribution in [-0.2, 0) is 4.79 Å². The first kappa shape index (κ1) is 16.8. The zero-order valence-electron chi connectivity index (χ0n) is 12.7. The van der Waals surface area contributed by atoms with E-state index in [0.29, 0.717) is 13.0 Å². The number of urea groups is 1. The summed E-state index contributed by atoms with van der Waals surface area (Å²) in [4.78, 5) is 25.3. The summed E-state index contributed by atoms with van der Waals surface area (Å²) in [6, 6.07) is -0.711. The third-order valence-corrected chi connectivity index (χ3v) is 4.06. The molecule has 2 N–H and O–H groups in total. The van der Waals surface area contributed by atoms with Crippen molar-refractivity contribution in [3.63, 3.8) is 0 Å². The lowest BCUT2D eigenvalue weighted by Gasteiger charge is -2.34. The van der Waals surface area contributed by atoms with Gasteiger partial charge in [-0.15, -0.1) is 0 Å². The minimum atomic E-state index is -0.938. The number of amides is 2. The van der Waals surface area contributed by atoms with Gasteiger partial charge in [0.25, 0.3) is 0 Å². The Morgan fingerprint density at radius 2 is 1.90 bits per heavy atom. The van der Waals surface area contributed by atoms with E-state index < -0.39 is 12.0 Å². The van der Waals surface area contributed by atoms with Crippen LogP contribution < -0.4 is 5.32 Å². The standard InChI is InChI=1S/C15H28N2O3/c1-3-5-11-13(14(18)19)16-15(20)17(4-2)12-9-7-6-8-10-12/h12-13H,3-11H2,1-2H3,(H,16,20)(H,18,19)/t13-/m0/s1. The molecule has 1 atom stereocenters. The minimum absolute atomic E-state index is 0.220. The van der Waals surface area contributed by atoms with E-state index in [1.807, 2.05) is 13.8 Å². The fraction of sp³-hybridized carbons (Fsp3) is 0.867. The lowest BCUT2D eigenvalue weighted by atomic mass is 9.94. The van der Waals surface area contributed by atoms with Crippen molar-refractivity contribution in [2.75, 3.05) is 6.54 Å². The molecule has 0 aromatic rings. The molecule has 116 valence electrons. The van der Waals surface area contributed by atoms with Crippen molar-refractivity contribution < 1.29 is 14.7 Å². The summed E-state index contributed by atoms with van der Waals surface area (Å²) in [7, 11) is 0. The van der Waals surface area contributed by atoms with Crippen molar-refractivity contribution in [2.45, 2.75) is 77.3 Å². The Labute approximate surface area is 121 Å². The number of aliphatic carboxylic acids is 1.